The number of amides is 1. The van der Waals surface area contributed by atoms with Crippen molar-refractivity contribution >= 4 is 33.1 Å². The minimum Gasteiger partial charge on any atom is -0.329 e. The van der Waals surface area contributed by atoms with E-state index in [9.17, 15) is 9.59 Å². The molecule has 1 unspecified atom stereocenters. The molecular formula is C22H18N2O2. The van der Waals surface area contributed by atoms with E-state index in [4.69, 9.17) is 0 Å². The van der Waals surface area contributed by atoms with E-state index in [2.05, 4.69) is 22.4 Å². The molecule has 0 aliphatic carbocycles. The van der Waals surface area contributed by atoms with Gasteiger partial charge in [0.2, 0.25) is 5.91 Å². The average molecular weight is 342 g/mol. The molecule has 26 heavy (non-hydrogen) atoms. The maximum Gasteiger partial charge on any atom is 0.255 e. The van der Waals surface area contributed by atoms with Gasteiger partial charge in [-0.3, -0.25) is 9.59 Å². The number of rotatable bonds is 3. The molecular weight excluding hydrogens is 324 g/mol. The molecule has 3 aromatic carbocycles. The smallest absolute Gasteiger partial charge is 0.255 e. The lowest BCUT2D eigenvalue weighted by molar-refractivity contribution is -0.117. The number of benzene rings is 3. The Labute approximate surface area is 150 Å². The second kappa shape index (κ2) is 6.48. The largest absolute Gasteiger partial charge is 0.329 e. The fraction of sp³-hybridized carbons (Fsp3) is 0.0909. The van der Waals surface area contributed by atoms with Crippen LogP contribution in [0.2, 0.25) is 0 Å². The van der Waals surface area contributed by atoms with Crippen LogP contribution < -0.4 is 10.9 Å². The van der Waals surface area contributed by atoms with Crippen molar-refractivity contribution in [1.29, 1.82) is 0 Å². The average Bonchev–Trinajstić information content (AvgIpc) is 2.67. The van der Waals surface area contributed by atoms with Crippen LogP contribution in [-0.4, -0.2) is 10.9 Å². The van der Waals surface area contributed by atoms with Gasteiger partial charge in [-0.05, 0) is 52.9 Å². The lowest BCUT2D eigenvalue weighted by Gasteiger charge is -2.14. The van der Waals surface area contributed by atoms with E-state index in [1.807, 2.05) is 49.4 Å². The minimum atomic E-state index is -0.283. The van der Waals surface area contributed by atoms with Crippen molar-refractivity contribution in [2.75, 3.05) is 5.32 Å². The molecule has 0 radical (unpaired) electrons. The molecule has 4 nitrogen and oxygen atoms in total. The number of pyridine rings is 1. The number of fused-ring (bicyclic) bond motifs is 2. The predicted octanol–water partition coefficient (Wildman–Crippen LogP) is 4.42. The van der Waals surface area contributed by atoms with Crippen molar-refractivity contribution < 1.29 is 4.79 Å². The van der Waals surface area contributed by atoms with Gasteiger partial charge in [0.05, 0.1) is 5.92 Å². The standard InChI is InChI=1S/C22H18N2O2/c1-14(16-7-6-15-4-2-3-5-17(15)12-16)21(25)24-19-8-9-20-18(13-19)10-11-23-22(20)26/h2-14H,1H3,(H,23,26)(H,24,25). The van der Waals surface area contributed by atoms with Gasteiger partial charge in [0.15, 0.2) is 0 Å². The SMILES string of the molecule is CC(C(=O)Nc1ccc2c(=O)[nH]ccc2c1)c1ccc2ccccc2c1. The van der Waals surface area contributed by atoms with Gasteiger partial charge in [0, 0.05) is 17.3 Å². The highest BCUT2D eigenvalue weighted by Crippen LogP contribution is 2.24. The van der Waals surface area contributed by atoms with Crippen LogP contribution >= 0.6 is 0 Å². The van der Waals surface area contributed by atoms with Crippen LogP contribution in [0.4, 0.5) is 5.69 Å². The van der Waals surface area contributed by atoms with Crippen LogP contribution in [0.3, 0.4) is 0 Å². The summed E-state index contributed by atoms with van der Waals surface area (Å²) in [6, 6.07) is 21.3. The zero-order valence-electron chi connectivity index (χ0n) is 14.3. The van der Waals surface area contributed by atoms with Crippen molar-refractivity contribution in [3.63, 3.8) is 0 Å². The Morgan fingerprint density at radius 2 is 1.73 bits per heavy atom. The summed E-state index contributed by atoms with van der Waals surface area (Å²) in [6.07, 6.45) is 1.61. The third-order valence-corrected chi connectivity index (χ3v) is 4.71. The van der Waals surface area contributed by atoms with Gasteiger partial charge in [0.1, 0.15) is 0 Å². The van der Waals surface area contributed by atoms with E-state index in [0.29, 0.717) is 11.1 Å². The molecule has 0 bridgehead atoms. The van der Waals surface area contributed by atoms with E-state index < -0.39 is 0 Å². The summed E-state index contributed by atoms with van der Waals surface area (Å²) in [4.78, 5) is 27.1. The first-order valence-electron chi connectivity index (χ1n) is 8.53. The van der Waals surface area contributed by atoms with Gasteiger partial charge in [-0.1, -0.05) is 42.5 Å². The fourth-order valence-electron chi connectivity index (χ4n) is 3.15. The third kappa shape index (κ3) is 2.97. The summed E-state index contributed by atoms with van der Waals surface area (Å²) < 4.78 is 0. The minimum absolute atomic E-state index is 0.0792. The molecule has 2 N–H and O–H groups in total. The van der Waals surface area contributed by atoms with Crippen molar-refractivity contribution in [2.24, 2.45) is 0 Å². The molecule has 1 atom stereocenters. The Morgan fingerprint density at radius 3 is 2.58 bits per heavy atom. The van der Waals surface area contributed by atoms with Crippen LogP contribution in [0.15, 0.2) is 77.7 Å². The molecule has 0 saturated carbocycles. The first kappa shape index (κ1) is 16.1. The molecule has 128 valence electrons. The van der Waals surface area contributed by atoms with Crippen LogP contribution in [0, 0.1) is 0 Å². The Bertz CT molecular complexity index is 1180. The van der Waals surface area contributed by atoms with Gasteiger partial charge in [-0.2, -0.15) is 0 Å². The summed E-state index contributed by atoms with van der Waals surface area (Å²) in [5, 5.41) is 6.63. The van der Waals surface area contributed by atoms with Crippen molar-refractivity contribution in [1.82, 2.24) is 4.98 Å². The summed E-state index contributed by atoms with van der Waals surface area (Å²) >= 11 is 0. The number of carbonyl (C=O) groups excluding carboxylic acids is 1. The van der Waals surface area contributed by atoms with Crippen LogP contribution in [0.25, 0.3) is 21.5 Å². The quantitative estimate of drug-likeness (QED) is 0.579. The summed E-state index contributed by atoms with van der Waals surface area (Å²) in [5.74, 6) is -0.362. The highest BCUT2D eigenvalue weighted by Gasteiger charge is 2.16. The Balaban J connectivity index is 1.59. The molecule has 0 aliphatic rings. The van der Waals surface area contributed by atoms with Crippen molar-refractivity contribution in [3.8, 4) is 0 Å². The van der Waals surface area contributed by atoms with E-state index in [-0.39, 0.29) is 17.4 Å². The summed E-state index contributed by atoms with van der Waals surface area (Å²) in [7, 11) is 0. The first-order valence-corrected chi connectivity index (χ1v) is 8.53. The van der Waals surface area contributed by atoms with Gasteiger partial charge in [-0.15, -0.1) is 0 Å². The molecule has 4 heteroatoms. The molecule has 0 aliphatic heterocycles. The number of carbonyl (C=O) groups is 1. The highest BCUT2D eigenvalue weighted by atomic mass is 16.2. The Morgan fingerprint density at radius 1 is 0.923 bits per heavy atom. The number of nitrogens with one attached hydrogen (secondary N) is 2. The third-order valence-electron chi connectivity index (χ3n) is 4.71. The first-order chi connectivity index (χ1) is 12.6. The van der Waals surface area contributed by atoms with Crippen LogP contribution in [-0.2, 0) is 4.79 Å². The number of H-pyrrole nitrogens is 1. The molecule has 0 spiro atoms. The molecule has 0 saturated heterocycles. The molecule has 0 fully saturated rings. The van der Waals surface area contributed by atoms with E-state index in [0.717, 1.165) is 21.7 Å². The molecule has 1 heterocycles. The fourth-order valence-corrected chi connectivity index (χ4v) is 3.15. The van der Waals surface area contributed by atoms with Gasteiger partial charge < -0.3 is 10.3 Å². The second-order valence-corrected chi connectivity index (χ2v) is 6.43. The maximum absolute atomic E-state index is 12.7. The maximum atomic E-state index is 12.7. The number of aromatic nitrogens is 1. The predicted molar refractivity (Wildman–Crippen MR) is 106 cm³/mol. The molecule has 1 aromatic heterocycles. The second-order valence-electron chi connectivity index (χ2n) is 6.43. The molecule has 4 rings (SSSR count). The van der Waals surface area contributed by atoms with Gasteiger partial charge in [-0.25, -0.2) is 0 Å². The van der Waals surface area contributed by atoms with E-state index in [1.54, 1.807) is 18.3 Å². The zero-order valence-corrected chi connectivity index (χ0v) is 14.3. The van der Waals surface area contributed by atoms with E-state index in [1.165, 1.54) is 0 Å². The summed E-state index contributed by atoms with van der Waals surface area (Å²) in [5.41, 5.74) is 1.52. The number of hydrogen-bond donors (Lipinski definition) is 2. The molecule has 4 aromatic rings. The van der Waals surface area contributed by atoms with Gasteiger partial charge in [0.25, 0.3) is 5.56 Å². The monoisotopic (exact) mass is 342 g/mol. The van der Waals surface area contributed by atoms with E-state index >= 15 is 0 Å². The number of aromatic amines is 1. The zero-order chi connectivity index (χ0) is 18.1. The lowest BCUT2D eigenvalue weighted by Crippen LogP contribution is -2.19. The Kier molecular flexibility index (Phi) is 4.01. The van der Waals surface area contributed by atoms with Crippen LogP contribution in [0.5, 0.6) is 0 Å². The van der Waals surface area contributed by atoms with Crippen molar-refractivity contribution in [2.45, 2.75) is 12.8 Å². The lowest BCUT2D eigenvalue weighted by atomic mass is 9.97. The Hall–Kier alpha value is -3.40. The number of anilines is 1. The topological polar surface area (TPSA) is 62.0 Å². The normalized spacial score (nSPS) is 12.2. The molecule has 1 amide bonds. The van der Waals surface area contributed by atoms with Gasteiger partial charge >= 0.3 is 0 Å². The van der Waals surface area contributed by atoms with Crippen LogP contribution in [0.1, 0.15) is 18.4 Å². The van der Waals surface area contributed by atoms with Crippen molar-refractivity contribution in [3.05, 3.63) is 88.8 Å². The highest BCUT2D eigenvalue weighted by molar-refractivity contribution is 5.98. The summed E-state index contributed by atoms with van der Waals surface area (Å²) in [6.45, 7) is 1.89. The number of hydrogen-bond acceptors (Lipinski definition) is 2.